The Kier molecular flexibility index (Phi) is 13.6. The molecule has 0 bridgehead atoms. The highest BCUT2D eigenvalue weighted by Gasteiger charge is 2.39. The van der Waals surface area contributed by atoms with Crippen molar-refractivity contribution < 1.29 is 60.4 Å². The van der Waals surface area contributed by atoms with Gasteiger partial charge in [-0.25, -0.2) is 9.59 Å². The molecule has 1 aromatic rings. The molecule has 0 spiro atoms. The lowest BCUT2D eigenvalue weighted by Crippen LogP contribution is -2.41. The van der Waals surface area contributed by atoms with Gasteiger partial charge in [0.2, 0.25) is 5.91 Å². The number of carbonyl (C=O) groups excluding carboxylic acids is 1. The van der Waals surface area contributed by atoms with Crippen LogP contribution in [0.3, 0.4) is 0 Å². The molecule has 1 fully saturated rings. The molecule has 39 heavy (non-hydrogen) atoms. The SMILES string of the molecule is CN(C)CCOCc1cncc2c1CCN(C(=O)C1CCOCC1)C2.O=C(O)C(F)(F)F.O=C(O)C(F)(F)F. The third kappa shape index (κ3) is 12.6. The lowest BCUT2D eigenvalue weighted by Gasteiger charge is -2.33. The van der Waals surface area contributed by atoms with Gasteiger partial charge in [0.25, 0.3) is 0 Å². The van der Waals surface area contributed by atoms with E-state index >= 15 is 0 Å². The van der Waals surface area contributed by atoms with E-state index < -0.39 is 24.3 Å². The van der Waals surface area contributed by atoms with Crippen LogP contribution in [0.4, 0.5) is 26.3 Å². The quantitative estimate of drug-likeness (QED) is 0.389. The fraction of sp³-hybridized carbons (Fsp3) is 0.652. The summed E-state index contributed by atoms with van der Waals surface area (Å²) in [6, 6.07) is 0. The van der Waals surface area contributed by atoms with E-state index in [2.05, 4.69) is 9.88 Å². The third-order valence-corrected chi connectivity index (χ3v) is 5.54. The smallest absolute Gasteiger partial charge is 0.475 e. The van der Waals surface area contributed by atoms with E-state index in [0.29, 0.717) is 33.0 Å². The number of amides is 1. The zero-order valence-corrected chi connectivity index (χ0v) is 21.3. The average molecular weight is 576 g/mol. The third-order valence-electron chi connectivity index (χ3n) is 5.54. The Bertz CT molecular complexity index is 927. The van der Waals surface area contributed by atoms with Crippen molar-refractivity contribution in [3.8, 4) is 0 Å². The van der Waals surface area contributed by atoms with Gasteiger partial charge in [-0.3, -0.25) is 9.78 Å². The number of hydrogen-bond donors (Lipinski definition) is 2. The molecule has 0 saturated carbocycles. The predicted octanol–water partition coefficient (Wildman–Crippen LogP) is 2.74. The number of pyridine rings is 1. The lowest BCUT2D eigenvalue weighted by atomic mass is 9.94. The van der Waals surface area contributed by atoms with Crippen LogP contribution in [-0.4, -0.2) is 102 Å². The number of carbonyl (C=O) groups is 3. The zero-order valence-electron chi connectivity index (χ0n) is 21.3. The van der Waals surface area contributed by atoms with E-state index in [4.69, 9.17) is 29.3 Å². The highest BCUT2D eigenvalue weighted by molar-refractivity contribution is 5.79. The minimum Gasteiger partial charge on any atom is -0.475 e. The molecule has 1 aromatic heterocycles. The van der Waals surface area contributed by atoms with Crippen molar-refractivity contribution in [1.29, 1.82) is 0 Å². The van der Waals surface area contributed by atoms with Crippen molar-refractivity contribution in [3.63, 3.8) is 0 Å². The number of aromatic nitrogens is 1. The van der Waals surface area contributed by atoms with Crippen molar-refractivity contribution in [3.05, 3.63) is 29.1 Å². The maximum atomic E-state index is 12.7. The van der Waals surface area contributed by atoms with Crippen LogP contribution in [-0.2, 0) is 43.4 Å². The van der Waals surface area contributed by atoms with Crippen LogP contribution in [0.1, 0.15) is 29.5 Å². The summed E-state index contributed by atoms with van der Waals surface area (Å²) in [5, 5.41) is 14.2. The van der Waals surface area contributed by atoms with Crippen molar-refractivity contribution in [1.82, 2.24) is 14.8 Å². The summed E-state index contributed by atoms with van der Waals surface area (Å²) in [5.74, 6) is -5.11. The molecule has 1 saturated heterocycles. The topological polar surface area (TPSA) is 130 Å². The van der Waals surface area contributed by atoms with Crippen LogP contribution < -0.4 is 0 Å². The zero-order chi connectivity index (χ0) is 29.8. The standard InChI is InChI=1S/C19H29N3O3.2C2HF3O2/c1-21(2)7-10-25-14-17-12-20-11-16-13-22(6-3-18(16)17)19(23)15-4-8-24-9-5-15;2*3-2(4,5)1(6)7/h11-12,15H,3-10,13-14H2,1-2H3;2*(H,6,7). The summed E-state index contributed by atoms with van der Waals surface area (Å²) in [5.41, 5.74) is 3.64. The molecule has 2 N–H and O–H groups in total. The van der Waals surface area contributed by atoms with E-state index in [1.165, 1.54) is 11.1 Å². The van der Waals surface area contributed by atoms with Crippen LogP contribution in [0.5, 0.6) is 0 Å². The largest absolute Gasteiger partial charge is 0.490 e. The van der Waals surface area contributed by atoms with E-state index in [1.807, 2.05) is 31.4 Å². The fourth-order valence-corrected chi connectivity index (χ4v) is 3.51. The van der Waals surface area contributed by atoms with Gasteiger partial charge in [-0.15, -0.1) is 0 Å². The number of ether oxygens (including phenoxy) is 2. The molecule has 2 aliphatic rings. The highest BCUT2D eigenvalue weighted by atomic mass is 19.4. The van der Waals surface area contributed by atoms with Gasteiger partial charge in [0.05, 0.1) is 13.2 Å². The summed E-state index contributed by atoms with van der Waals surface area (Å²) >= 11 is 0. The number of halogens is 6. The van der Waals surface area contributed by atoms with Gasteiger partial charge in [-0.2, -0.15) is 26.3 Å². The van der Waals surface area contributed by atoms with Gasteiger partial charge in [-0.1, -0.05) is 0 Å². The summed E-state index contributed by atoms with van der Waals surface area (Å²) < 4.78 is 74.6. The van der Waals surface area contributed by atoms with Gasteiger partial charge in [0.1, 0.15) is 0 Å². The van der Waals surface area contributed by atoms with Gasteiger partial charge < -0.3 is 29.5 Å². The Labute approximate surface area is 220 Å². The second-order valence-corrected chi connectivity index (χ2v) is 8.79. The molecular formula is C23H31F6N3O7. The molecule has 222 valence electrons. The second kappa shape index (κ2) is 15.6. The number of aliphatic carboxylic acids is 2. The first-order valence-corrected chi connectivity index (χ1v) is 11.7. The van der Waals surface area contributed by atoms with Crippen LogP contribution in [0.25, 0.3) is 0 Å². The number of carboxylic acids is 2. The van der Waals surface area contributed by atoms with Gasteiger partial charge in [0.15, 0.2) is 0 Å². The van der Waals surface area contributed by atoms with E-state index in [0.717, 1.165) is 37.9 Å². The Balaban J connectivity index is 0.000000449. The minimum atomic E-state index is -5.08. The van der Waals surface area contributed by atoms with Crippen LogP contribution >= 0.6 is 0 Å². The summed E-state index contributed by atoms with van der Waals surface area (Å²) in [6.07, 6.45) is -3.77. The highest BCUT2D eigenvalue weighted by Crippen LogP contribution is 2.25. The van der Waals surface area contributed by atoms with Gasteiger partial charge in [0, 0.05) is 51.2 Å². The monoisotopic (exact) mass is 575 g/mol. The molecule has 3 heterocycles. The Morgan fingerprint density at radius 1 is 1.05 bits per heavy atom. The molecule has 0 aromatic carbocycles. The summed E-state index contributed by atoms with van der Waals surface area (Å²) in [4.78, 5) is 39.0. The first-order chi connectivity index (χ1) is 18.0. The Morgan fingerprint density at radius 3 is 2.08 bits per heavy atom. The molecule has 2 aliphatic heterocycles. The summed E-state index contributed by atoms with van der Waals surface area (Å²) in [7, 11) is 4.08. The maximum absolute atomic E-state index is 12.7. The van der Waals surface area contributed by atoms with Crippen molar-refractivity contribution in [2.45, 2.75) is 44.8 Å². The van der Waals surface area contributed by atoms with E-state index in [1.54, 1.807) is 0 Å². The number of rotatable bonds is 6. The molecule has 0 radical (unpaired) electrons. The predicted molar refractivity (Wildman–Crippen MR) is 122 cm³/mol. The Morgan fingerprint density at radius 2 is 1.59 bits per heavy atom. The molecule has 1 amide bonds. The lowest BCUT2D eigenvalue weighted by molar-refractivity contribution is -0.193. The van der Waals surface area contributed by atoms with Crippen molar-refractivity contribution in [2.24, 2.45) is 5.92 Å². The molecule has 0 unspecified atom stereocenters. The first kappa shape index (κ1) is 34.0. The number of alkyl halides is 6. The number of carboxylic acid groups (broad SMARTS) is 2. The van der Waals surface area contributed by atoms with Crippen LogP contribution in [0.2, 0.25) is 0 Å². The Hall–Kier alpha value is -2.98. The number of likely N-dealkylation sites (N-methyl/N-ethyl adjacent to an activating group) is 1. The van der Waals surface area contributed by atoms with Crippen molar-refractivity contribution in [2.75, 3.05) is 47.0 Å². The van der Waals surface area contributed by atoms with Crippen molar-refractivity contribution >= 4 is 17.8 Å². The molecule has 0 aliphatic carbocycles. The van der Waals surface area contributed by atoms with Gasteiger partial charge >= 0.3 is 24.3 Å². The van der Waals surface area contributed by atoms with Gasteiger partial charge in [-0.05, 0) is 50.0 Å². The number of nitrogens with zero attached hydrogens (tertiary/aromatic N) is 3. The van der Waals surface area contributed by atoms with Crippen LogP contribution in [0.15, 0.2) is 12.4 Å². The summed E-state index contributed by atoms with van der Waals surface area (Å²) in [6.45, 7) is 5.09. The molecule has 16 heteroatoms. The van der Waals surface area contributed by atoms with E-state index in [9.17, 15) is 31.1 Å². The van der Waals surface area contributed by atoms with E-state index in [-0.39, 0.29) is 11.8 Å². The number of hydrogen-bond acceptors (Lipinski definition) is 7. The maximum Gasteiger partial charge on any atom is 0.490 e. The number of fused-ring (bicyclic) bond motifs is 1. The minimum absolute atomic E-state index is 0.126. The average Bonchev–Trinajstić information content (AvgIpc) is 2.86. The normalized spacial score (nSPS) is 15.9. The second-order valence-electron chi connectivity index (χ2n) is 8.79. The molecule has 10 nitrogen and oxygen atoms in total. The fourth-order valence-electron chi connectivity index (χ4n) is 3.51. The first-order valence-electron chi connectivity index (χ1n) is 11.7. The molecule has 3 rings (SSSR count). The molecular weight excluding hydrogens is 544 g/mol. The molecule has 0 atom stereocenters. The van der Waals surface area contributed by atoms with Crippen LogP contribution in [0, 0.1) is 5.92 Å².